The first-order valence-electron chi connectivity index (χ1n) is 6.66. The van der Waals surface area contributed by atoms with Crippen molar-refractivity contribution in [2.24, 2.45) is 0 Å². The molecule has 1 aliphatic rings. The Morgan fingerprint density at radius 3 is 2.48 bits per heavy atom. The molecule has 3 amide bonds. The van der Waals surface area contributed by atoms with Crippen molar-refractivity contribution in [1.29, 1.82) is 0 Å². The second-order valence-electron chi connectivity index (χ2n) is 4.58. The Bertz CT molecular complexity index is 545. The van der Waals surface area contributed by atoms with Crippen molar-refractivity contribution < 1.29 is 18.4 Å². The number of nitrogens with zero attached hydrogens (tertiary/aromatic N) is 3. The van der Waals surface area contributed by atoms with Crippen LogP contribution in [0.3, 0.4) is 0 Å². The molecule has 2 rings (SSSR count). The van der Waals surface area contributed by atoms with Crippen LogP contribution in [0.1, 0.15) is 17.3 Å². The molecule has 0 atom stereocenters. The number of pyridine rings is 1. The normalized spacial score (nSPS) is 15.0. The van der Waals surface area contributed by atoms with Crippen molar-refractivity contribution in [1.82, 2.24) is 20.1 Å². The van der Waals surface area contributed by atoms with Gasteiger partial charge in [-0.05, 0) is 13.0 Å². The van der Waals surface area contributed by atoms with Gasteiger partial charge in [0.15, 0.2) is 5.82 Å². The van der Waals surface area contributed by atoms with Gasteiger partial charge in [0, 0.05) is 38.9 Å². The van der Waals surface area contributed by atoms with Gasteiger partial charge in [0.05, 0.1) is 5.56 Å². The quantitative estimate of drug-likeness (QED) is 0.823. The average Bonchev–Trinajstić information content (AvgIpc) is 2.50. The van der Waals surface area contributed by atoms with E-state index in [-0.39, 0.29) is 24.7 Å². The van der Waals surface area contributed by atoms with Crippen LogP contribution in [-0.2, 0) is 0 Å². The molecule has 0 aromatic carbocycles. The molecule has 0 saturated carbocycles. The maximum Gasteiger partial charge on any atom is 0.317 e. The van der Waals surface area contributed by atoms with Crippen LogP contribution in [0.25, 0.3) is 0 Å². The average molecular weight is 298 g/mol. The lowest BCUT2D eigenvalue weighted by molar-refractivity contribution is 0.0659. The van der Waals surface area contributed by atoms with Crippen LogP contribution in [0, 0.1) is 11.8 Å². The van der Waals surface area contributed by atoms with Crippen molar-refractivity contribution in [3.05, 3.63) is 29.6 Å². The van der Waals surface area contributed by atoms with Gasteiger partial charge in [-0.2, -0.15) is 4.39 Å². The van der Waals surface area contributed by atoms with Gasteiger partial charge in [0.25, 0.3) is 5.91 Å². The van der Waals surface area contributed by atoms with Crippen LogP contribution in [0.15, 0.2) is 12.3 Å². The van der Waals surface area contributed by atoms with Crippen LogP contribution in [0.2, 0.25) is 0 Å². The third-order valence-corrected chi connectivity index (χ3v) is 3.26. The lowest BCUT2D eigenvalue weighted by atomic mass is 10.2. The van der Waals surface area contributed by atoms with E-state index in [2.05, 4.69) is 10.3 Å². The maximum absolute atomic E-state index is 13.6. The Hall–Kier alpha value is -2.25. The van der Waals surface area contributed by atoms with E-state index in [0.29, 0.717) is 19.6 Å². The predicted molar refractivity (Wildman–Crippen MR) is 70.7 cm³/mol. The van der Waals surface area contributed by atoms with E-state index in [1.54, 1.807) is 4.90 Å². The minimum Gasteiger partial charge on any atom is -0.338 e. The summed E-state index contributed by atoms with van der Waals surface area (Å²) in [6.45, 7) is 3.61. The predicted octanol–water partition coefficient (Wildman–Crippen LogP) is 0.847. The Morgan fingerprint density at radius 2 is 1.86 bits per heavy atom. The smallest absolute Gasteiger partial charge is 0.317 e. The fraction of sp³-hybridized carbons (Fsp3) is 0.462. The molecule has 1 saturated heterocycles. The number of amides is 3. The Kier molecular flexibility index (Phi) is 4.66. The minimum atomic E-state index is -1.29. The van der Waals surface area contributed by atoms with Crippen LogP contribution in [-0.4, -0.2) is 59.4 Å². The van der Waals surface area contributed by atoms with Crippen LogP contribution >= 0.6 is 0 Å². The minimum absolute atomic E-state index is 0.189. The van der Waals surface area contributed by atoms with Crippen LogP contribution in [0.4, 0.5) is 13.6 Å². The highest BCUT2D eigenvalue weighted by atomic mass is 19.2. The van der Waals surface area contributed by atoms with E-state index in [1.165, 1.54) is 4.90 Å². The molecule has 1 aromatic rings. The Balaban J connectivity index is 2.00. The lowest BCUT2D eigenvalue weighted by Gasteiger charge is -2.34. The van der Waals surface area contributed by atoms with Crippen molar-refractivity contribution in [3.8, 4) is 0 Å². The number of nitrogens with one attached hydrogen (secondary N) is 1. The lowest BCUT2D eigenvalue weighted by Crippen LogP contribution is -2.53. The molecule has 8 heteroatoms. The zero-order chi connectivity index (χ0) is 15.4. The topological polar surface area (TPSA) is 65.5 Å². The zero-order valence-corrected chi connectivity index (χ0v) is 11.6. The van der Waals surface area contributed by atoms with Gasteiger partial charge in [-0.15, -0.1) is 0 Å². The van der Waals surface area contributed by atoms with E-state index in [0.717, 1.165) is 12.3 Å². The Labute approximate surface area is 120 Å². The molecule has 0 aliphatic carbocycles. The van der Waals surface area contributed by atoms with E-state index in [1.807, 2.05) is 6.92 Å². The van der Waals surface area contributed by atoms with Gasteiger partial charge >= 0.3 is 6.03 Å². The number of halogens is 2. The summed E-state index contributed by atoms with van der Waals surface area (Å²) in [5, 5.41) is 2.67. The third-order valence-electron chi connectivity index (χ3n) is 3.26. The maximum atomic E-state index is 13.6. The van der Waals surface area contributed by atoms with Gasteiger partial charge in [0.2, 0.25) is 5.95 Å². The SMILES string of the molecule is CCNC(=O)N1CCN(C(=O)c2ccnc(F)c2F)CC1. The summed E-state index contributed by atoms with van der Waals surface area (Å²) in [4.78, 5) is 29.9. The fourth-order valence-corrected chi connectivity index (χ4v) is 2.13. The summed E-state index contributed by atoms with van der Waals surface area (Å²) >= 11 is 0. The number of hydrogen-bond acceptors (Lipinski definition) is 3. The van der Waals surface area contributed by atoms with Crippen molar-refractivity contribution >= 4 is 11.9 Å². The first-order chi connectivity index (χ1) is 10.0. The summed E-state index contributed by atoms with van der Waals surface area (Å²) in [6.07, 6.45) is 1.05. The van der Waals surface area contributed by atoms with Crippen molar-refractivity contribution in [2.45, 2.75) is 6.92 Å². The highest BCUT2D eigenvalue weighted by molar-refractivity contribution is 5.94. The fourth-order valence-electron chi connectivity index (χ4n) is 2.13. The Morgan fingerprint density at radius 1 is 1.24 bits per heavy atom. The molecule has 2 heterocycles. The molecule has 114 valence electrons. The number of piperazine rings is 1. The number of aromatic nitrogens is 1. The van der Waals surface area contributed by atoms with E-state index in [9.17, 15) is 18.4 Å². The molecule has 1 fully saturated rings. The van der Waals surface area contributed by atoms with E-state index < -0.39 is 17.7 Å². The largest absolute Gasteiger partial charge is 0.338 e. The molecular weight excluding hydrogens is 282 g/mol. The van der Waals surface area contributed by atoms with E-state index in [4.69, 9.17) is 0 Å². The molecule has 1 aromatic heterocycles. The molecule has 1 N–H and O–H groups in total. The van der Waals surface area contributed by atoms with Gasteiger partial charge in [-0.1, -0.05) is 0 Å². The second kappa shape index (κ2) is 6.47. The molecule has 0 spiro atoms. The van der Waals surface area contributed by atoms with Crippen molar-refractivity contribution in [3.63, 3.8) is 0 Å². The first-order valence-corrected chi connectivity index (χ1v) is 6.66. The van der Waals surface area contributed by atoms with Gasteiger partial charge < -0.3 is 15.1 Å². The first kappa shape index (κ1) is 15.1. The van der Waals surface area contributed by atoms with Crippen molar-refractivity contribution in [2.75, 3.05) is 32.7 Å². The number of hydrogen-bond donors (Lipinski definition) is 1. The summed E-state index contributed by atoms with van der Waals surface area (Å²) in [6, 6.07) is 0.961. The van der Waals surface area contributed by atoms with Gasteiger partial charge in [-0.3, -0.25) is 4.79 Å². The molecule has 0 radical (unpaired) electrons. The summed E-state index contributed by atoms with van der Waals surface area (Å²) in [5.41, 5.74) is -0.339. The van der Waals surface area contributed by atoms with Gasteiger partial charge in [0.1, 0.15) is 0 Å². The standard InChI is InChI=1S/C13H16F2N4O2/c1-2-16-13(21)19-7-5-18(6-8-19)12(20)9-3-4-17-11(15)10(9)14/h3-4H,2,5-8H2,1H3,(H,16,21). The number of rotatable bonds is 2. The molecule has 6 nitrogen and oxygen atoms in total. The van der Waals surface area contributed by atoms with Crippen LogP contribution < -0.4 is 5.32 Å². The second-order valence-corrected chi connectivity index (χ2v) is 4.58. The molecule has 1 aliphatic heterocycles. The summed E-state index contributed by atoms with van der Waals surface area (Å²) < 4.78 is 26.6. The van der Waals surface area contributed by atoms with Gasteiger partial charge in [-0.25, -0.2) is 14.2 Å². The van der Waals surface area contributed by atoms with Crippen LogP contribution in [0.5, 0.6) is 0 Å². The number of urea groups is 1. The highest BCUT2D eigenvalue weighted by Crippen LogP contribution is 2.13. The number of carbonyl (C=O) groups excluding carboxylic acids is 2. The molecule has 0 bridgehead atoms. The molecular formula is C13H16F2N4O2. The number of carbonyl (C=O) groups is 2. The molecule has 0 unspecified atom stereocenters. The summed E-state index contributed by atoms with van der Waals surface area (Å²) in [5.74, 6) is -3.13. The zero-order valence-electron chi connectivity index (χ0n) is 11.6. The monoisotopic (exact) mass is 298 g/mol. The third kappa shape index (κ3) is 3.26. The van der Waals surface area contributed by atoms with E-state index >= 15 is 0 Å². The highest BCUT2D eigenvalue weighted by Gasteiger charge is 2.27. The summed E-state index contributed by atoms with van der Waals surface area (Å²) in [7, 11) is 0. The molecule has 21 heavy (non-hydrogen) atoms.